The average molecular weight is 411 g/mol. The molecule has 0 spiro atoms. The van der Waals surface area contributed by atoms with E-state index in [0.717, 1.165) is 17.0 Å². The number of hydrogen-bond acceptors (Lipinski definition) is 8. The van der Waals surface area contributed by atoms with E-state index in [4.69, 9.17) is 19.2 Å². The predicted octanol–water partition coefficient (Wildman–Crippen LogP) is 2.19. The van der Waals surface area contributed by atoms with Crippen molar-refractivity contribution in [3.8, 4) is 11.5 Å². The number of amides is 1. The lowest BCUT2D eigenvalue weighted by atomic mass is 10.2. The van der Waals surface area contributed by atoms with E-state index < -0.39 is 0 Å². The fourth-order valence-electron chi connectivity index (χ4n) is 3.86. The molecule has 4 heterocycles. The van der Waals surface area contributed by atoms with E-state index in [0.29, 0.717) is 69.3 Å². The van der Waals surface area contributed by atoms with Gasteiger partial charge in [-0.05, 0) is 26.0 Å². The van der Waals surface area contributed by atoms with Gasteiger partial charge >= 0.3 is 0 Å². The van der Waals surface area contributed by atoms with Gasteiger partial charge in [-0.25, -0.2) is 4.98 Å². The molecule has 0 bridgehead atoms. The summed E-state index contributed by atoms with van der Waals surface area (Å²) in [6.07, 6.45) is 0. The van der Waals surface area contributed by atoms with Gasteiger partial charge in [0, 0.05) is 36.4 Å². The van der Waals surface area contributed by atoms with Crippen molar-refractivity contribution >= 4 is 23.4 Å². The van der Waals surface area contributed by atoms with Crippen molar-refractivity contribution < 1.29 is 19.0 Å². The number of ether oxygens (including phenoxy) is 3. The van der Waals surface area contributed by atoms with Crippen molar-refractivity contribution in [3.05, 3.63) is 29.5 Å². The van der Waals surface area contributed by atoms with Crippen LogP contribution in [0.3, 0.4) is 0 Å². The number of nitrogens with zero attached hydrogens (tertiary/aromatic N) is 4. The summed E-state index contributed by atoms with van der Waals surface area (Å²) >= 11 is 0. The molecule has 5 rings (SSSR count). The Labute approximate surface area is 174 Å². The van der Waals surface area contributed by atoms with Crippen molar-refractivity contribution in [1.82, 2.24) is 14.9 Å². The van der Waals surface area contributed by atoms with Gasteiger partial charge < -0.3 is 29.3 Å². The zero-order valence-electron chi connectivity index (χ0n) is 17.2. The van der Waals surface area contributed by atoms with E-state index in [1.54, 1.807) is 0 Å². The first-order valence-electron chi connectivity index (χ1n) is 10.3. The highest BCUT2D eigenvalue weighted by Crippen LogP contribution is 2.36. The van der Waals surface area contributed by atoms with Crippen molar-refractivity contribution in [2.24, 2.45) is 0 Å². The van der Waals surface area contributed by atoms with Gasteiger partial charge in [0.05, 0.1) is 19.8 Å². The highest BCUT2D eigenvalue weighted by Gasteiger charge is 2.35. The number of benzene rings is 1. The number of aromatic nitrogens is 2. The summed E-state index contributed by atoms with van der Waals surface area (Å²) in [5.41, 5.74) is 2.12. The van der Waals surface area contributed by atoms with Crippen LogP contribution in [0.15, 0.2) is 18.2 Å². The fourth-order valence-corrected chi connectivity index (χ4v) is 3.86. The molecule has 0 saturated carbocycles. The minimum Gasteiger partial charge on any atom is -0.486 e. The third-order valence-electron chi connectivity index (χ3n) is 5.51. The minimum absolute atomic E-state index is 0.0536. The third kappa shape index (κ3) is 3.39. The number of carbonyl (C=O) groups is 1. The molecule has 0 unspecified atom stereocenters. The second kappa shape index (κ2) is 7.64. The SMILES string of the molecule is CC(C)N1Cc2c(Nc3ccc4c(c3)OCCO4)nc(N3CCOCC3)nc2C1=O. The molecule has 1 fully saturated rings. The molecule has 3 aliphatic rings. The number of morpholine rings is 1. The summed E-state index contributed by atoms with van der Waals surface area (Å²) in [5.74, 6) is 2.58. The Balaban J connectivity index is 1.52. The molecule has 2 aromatic rings. The molecule has 1 amide bonds. The van der Waals surface area contributed by atoms with Gasteiger partial charge in [-0.3, -0.25) is 4.79 Å². The zero-order chi connectivity index (χ0) is 20.7. The van der Waals surface area contributed by atoms with Crippen LogP contribution < -0.4 is 19.7 Å². The number of nitrogens with one attached hydrogen (secondary N) is 1. The predicted molar refractivity (Wildman–Crippen MR) is 111 cm³/mol. The lowest BCUT2D eigenvalue weighted by Gasteiger charge is -2.27. The van der Waals surface area contributed by atoms with Crippen LogP contribution >= 0.6 is 0 Å². The molecule has 3 aliphatic heterocycles. The summed E-state index contributed by atoms with van der Waals surface area (Å²) in [6, 6.07) is 5.79. The van der Waals surface area contributed by atoms with Gasteiger partial charge in [-0.15, -0.1) is 0 Å². The molecule has 30 heavy (non-hydrogen) atoms. The quantitative estimate of drug-likeness (QED) is 0.819. The van der Waals surface area contributed by atoms with Gasteiger partial charge in [0.15, 0.2) is 11.5 Å². The number of rotatable bonds is 4. The summed E-state index contributed by atoms with van der Waals surface area (Å²) in [7, 11) is 0. The van der Waals surface area contributed by atoms with Crippen molar-refractivity contribution in [2.75, 3.05) is 49.7 Å². The van der Waals surface area contributed by atoms with Gasteiger partial charge in [0.2, 0.25) is 5.95 Å². The van der Waals surface area contributed by atoms with Crippen LogP contribution in [0.5, 0.6) is 11.5 Å². The molecular formula is C21H25N5O4. The molecule has 9 nitrogen and oxygen atoms in total. The second-order valence-corrected chi connectivity index (χ2v) is 7.81. The second-order valence-electron chi connectivity index (χ2n) is 7.81. The Morgan fingerprint density at radius 2 is 1.80 bits per heavy atom. The highest BCUT2D eigenvalue weighted by atomic mass is 16.6. The smallest absolute Gasteiger partial charge is 0.273 e. The van der Waals surface area contributed by atoms with Gasteiger partial charge in [-0.1, -0.05) is 0 Å². The zero-order valence-corrected chi connectivity index (χ0v) is 17.2. The van der Waals surface area contributed by atoms with E-state index in [-0.39, 0.29) is 11.9 Å². The van der Waals surface area contributed by atoms with E-state index in [1.165, 1.54) is 0 Å². The Kier molecular flexibility index (Phi) is 4.82. The van der Waals surface area contributed by atoms with Gasteiger partial charge in [0.25, 0.3) is 5.91 Å². The summed E-state index contributed by atoms with van der Waals surface area (Å²) in [5, 5.41) is 3.39. The van der Waals surface area contributed by atoms with E-state index >= 15 is 0 Å². The van der Waals surface area contributed by atoms with Crippen LogP contribution in [0.1, 0.15) is 29.9 Å². The molecule has 9 heteroatoms. The van der Waals surface area contributed by atoms with E-state index in [2.05, 4.69) is 15.2 Å². The van der Waals surface area contributed by atoms with E-state index in [9.17, 15) is 4.79 Å². The van der Waals surface area contributed by atoms with Crippen molar-refractivity contribution in [2.45, 2.75) is 26.4 Å². The summed E-state index contributed by atoms with van der Waals surface area (Å²) in [4.78, 5) is 26.3. The normalized spacial score (nSPS) is 18.0. The van der Waals surface area contributed by atoms with Crippen LogP contribution in [-0.4, -0.2) is 66.3 Å². The van der Waals surface area contributed by atoms with Gasteiger partial charge in [0.1, 0.15) is 24.7 Å². The minimum atomic E-state index is -0.0536. The molecule has 1 N–H and O–H groups in total. The highest BCUT2D eigenvalue weighted by molar-refractivity contribution is 5.98. The van der Waals surface area contributed by atoms with Crippen LogP contribution in [0.25, 0.3) is 0 Å². The molecular weight excluding hydrogens is 386 g/mol. The van der Waals surface area contributed by atoms with Crippen LogP contribution in [0, 0.1) is 0 Å². The standard InChI is InChI=1S/C21H25N5O4/c1-13(2)26-12-15-18(20(26)27)23-21(25-5-7-28-8-6-25)24-19(15)22-14-3-4-16-17(11-14)30-10-9-29-16/h3-4,11,13H,5-10,12H2,1-2H3,(H,22,23,24). The molecule has 0 radical (unpaired) electrons. The lowest BCUT2D eigenvalue weighted by Crippen LogP contribution is -2.37. The Hall–Kier alpha value is -3.07. The Morgan fingerprint density at radius 3 is 2.57 bits per heavy atom. The molecule has 0 aliphatic carbocycles. The van der Waals surface area contributed by atoms with Gasteiger partial charge in [-0.2, -0.15) is 4.98 Å². The molecule has 0 atom stereocenters. The topological polar surface area (TPSA) is 89.1 Å². The van der Waals surface area contributed by atoms with Crippen molar-refractivity contribution in [1.29, 1.82) is 0 Å². The Bertz CT molecular complexity index is 974. The first kappa shape index (κ1) is 18.9. The maximum Gasteiger partial charge on any atom is 0.273 e. The molecule has 1 aromatic carbocycles. The first-order chi connectivity index (χ1) is 14.6. The molecule has 1 saturated heterocycles. The number of carbonyl (C=O) groups excluding carboxylic acids is 1. The number of fused-ring (bicyclic) bond motifs is 2. The fraction of sp³-hybridized carbons (Fsp3) is 0.476. The van der Waals surface area contributed by atoms with E-state index in [1.807, 2.05) is 36.9 Å². The molecule has 1 aromatic heterocycles. The third-order valence-corrected chi connectivity index (χ3v) is 5.51. The molecule has 158 valence electrons. The maximum absolute atomic E-state index is 13.0. The maximum atomic E-state index is 13.0. The monoisotopic (exact) mass is 411 g/mol. The Morgan fingerprint density at radius 1 is 1.03 bits per heavy atom. The average Bonchev–Trinajstić information content (AvgIpc) is 3.11. The largest absolute Gasteiger partial charge is 0.486 e. The summed E-state index contributed by atoms with van der Waals surface area (Å²) < 4.78 is 16.8. The van der Waals surface area contributed by atoms with Crippen LogP contribution in [-0.2, 0) is 11.3 Å². The number of hydrogen-bond donors (Lipinski definition) is 1. The summed E-state index contributed by atoms with van der Waals surface area (Å²) in [6.45, 7) is 8.22. The lowest BCUT2D eigenvalue weighted by molar-refractivity contribution is 0.0726. The van der Waals surface area contributed by atoms with Crippen molar-refractivity contribution in [3.63, 3.8) is 0 Å². The first-order valence-corrected chi connectivity index (χ1v) is 10.3. The van der Waals surface area contributed by atoms with Crippen LogP contribution in [0.2, 0.25) is 0 Å². The number of anilines is 3. The van der Waals surface area contributed by atoms with Crippen LogP contribution in [0.4, 0.5) is 17.5 Å².